The van der Waals surface area contributed by atoms with Crippen molar-refractivity contribution in [3.63, 3.8) is 0 Å². The van der Waals surface area contributed by atoms with Crippen LogP contribution in [0.3, 0.4) is 0 Å². The molecule has 1 aromatic rings. The van der Waals surface area contributed by atoms with Crippen LogP contribution in [-0.2, 0) is 16.4 Å². The van der Waals surface area contributed by atoms with E-state index in [1.165, 1.54) is 6.42 Å². The van der Waals surface area contributed by atoms with Crippen molar-refractivity contribution in [2.24, 2.45) is 0 Å². The summed E-state index contributed by atoms with van der Waals surface area (Å²) in [5.41, 5.74) is 3.05. The molecule has 116 valence electrons. The summed E-state index contributed by atoms with van der Waals surface area (Å²) in [6, 6.07) is 3.63. The first-order chi connectivity index (χ1) is 10.1. The molecular weight excluding hydrogens is 286 g/mol. The molecule has 3 rings (SSSR count). The van der Waals surface area contributed by atoms with E-state index in [1.54, 1.807) is 6.07 Å². The fourth-order valence-corrected chi connectivity index (χ4v) is 4.57. The van der Waals surface area contributed by atoms with Crippen molar-refractivity contribution >= 4 is 15.7 Å². The zero-order valence-electron chi connectivity index (χ0n) is 12.5. The van der Waals surface area contributed by atoms with E-state index in [4.69, 9.17) is 0 Å². The first-order valence-corrected chi connectivity index (χ1v) is 9.20. The van der Waals surface area contributed by atoms with Crippen LogP contribution in [0.2, 0.25) is 0 Å². The van der Waals surface area contributed by atoms with Gasteiger partial charge in [0.1, 0.15) is 0 Å². The Morgan fingerprint density at radius 2 is 1.90 bits per heavy atom. The number of sulfonamides is 1. The van der Waals surface area contributed by atoms with E-state index in [2.05, 4.69) is 10.1 Å². The minimum absolute atomic E-state index is 0.431. The van der Waals surface area contributed by atoms with Crippen molar-refractivity contribution in [1.82, 2.24) is 9.84 Å². The number of hydrogen-bond donors (Lipinski definition) is 2. The van der Waals surface area contributed by atoms with Gasteiger partial charge in [0, 0.05) is 25.3 Å². The Bertz CT molecular complexity index is 622. The molecule has 2 aliphatic heterocycles. The van der Waals surface area contributed by atoms with Gasteiger partial charge in [-0.3, -0.25) is 0 Å². The molecule has 6 heteroatoms. The molecule has 0 radical (unpaired) electrons. The molecule has 1 saturated heterocycles. The fraction of sp³-hybridized carbons (Fsp3) is 0.600. The standard InChI is InChI=1S/C15H23N3O2S/c1-12-7-8-14(13-6-5-9-16-15(12)13)21(19,20)17-18-10-3-2-4-11-18/h7-8,16-17H,2-6,9-11H2,1H3. The van der Waals surface area contributed by atoms with Crippen molar-refractivity contribution in [2.75, 3.05) is 25.0 Å². The third kappa shape index (κ3) is 3.07. The number of anilines is 1. The summed E-state index contributed by atoms with van der Waals surface area (Å²) in [6.45, 7) is 4.53. The van der Waals surface area contributed by atoms with Crippen LogP contribution in [0.25, 0.3) is 0 Å². The molecule has 0 saturated carbocycles. The first kappa shape index (κ1) is 14.8. The Labute approximate surface area is 126 Å². The average molecular weight is 309 g/mol. The van der Waals surface area contributed by atoms with Gasteiger partial charge in [0.15, 0.2) is 0 Å². The maximum Gasteiger partial charge on any atom is 0.253 e. The van der Waals surface area contributed by atoms with Gasteiger partial charge in [-0.25, -0.2) is 13.4 Å². The Morgan fingerprint density at radius 3 is 2.67 bits per heavy atom. The maximum atomic E-state index is 12.7. The number of nitrogens with one attached hydrogen (secondary N) is 2. The van der Waals surface area contributed by atoms with Gasteiger partial charge in [0.2, 0.25) is 0 Å². The molecule has 0 unspecified atom stereocenters. The summed E-state index contributed by atoms with van der Waals surface area (Å²) >= 11 is 0. The summed E-state index contributed by atoms with van der Waals surface area (Å²) in [6.07, 6.45) is 5.08. The smallest absolute Gasteiger partial charge is 0.253 e. The average Bonchev–Trinajstić information content (AvgIpc) is 2.48. The van der Waals surface area contributed by atoms with Crippen molar-refractivity contribution in [3.8, 4) is 0 Å². The van der Waals surface area contributed by atoms with Crippen molar-refractivity contribution in [3.05, 3.63) is 23.3 Å². The van der Waals surface area contributed by atoms with Gasteiger partial charge in [0.25, 0.3) is 10.0 Å². The molecule has 1 aromatic carbocycles. The molecule has 0 bridgehead atoms. The molecule has 0 aromatic heterocycles. The molecule has 1 fully saturated rings. The predicted octanol–water partition coefficient (Wildman–Crippen LogP) is 2.03. The van der Waals surface area contributed by atoms with Crippen molar-refractivity contribution < 1.29 is 8.42 Å². The lowest BCUT2D eigenvalue weighted by molar-refractivity contribution is 0.200. The van der Waals surface area contributed by atoms with Crippen LogP contribution in [0.15, 0.2) is 17.0 Å². The molecule has 0 aliphatic carbocycles. The summed E-state index contributed by atoms with van der Waals surface area (Å²) in [7, 11) is -3.48. The van der Waals surface area contributed by atoms with Gasteiger partial charge < -0.3 is 5.32 Å². The van der Waals surface area contributed by atoms with E-state index in [9.17, 15) is 8.42 Å². The summed E-state index contributed by atoms with van der Waals surface area (Å²) in [5.74, 6) is 0. The van der Waals surface area contributed by atoms with Gasteiger partial charge in [-0.05, 0) is 49.8 Å². The number of hydrogen-bond acceptors (Lipinski definition) is 4. The van der Waals surface area contributed by atoms with Crippen molar-refractivity contribution in [1.29, 1.82) is 0 Å². The second kappa shape index (κ2) is 5.94. The van der Waals surface area contributed by atoms with E-state index >= 15 is 0 Å². The zero-order chi connectivity index (χ0) is 14.9. The molecule has 2 aliphatic rings. The second-order valence-corrected chi connectivity index (χ2v) is 7.54. The topological polar surface area (TPSA) is 61.4 Å². The number of nitrogens with zero attached hydrogens (tertiary/aromatic N) is 1. The highest BCUT2D eigenvalue weighted by molar-refractivity contribution is 7.89. The highest BCUT2D eigenvalue weighted by Gasteiger charge is 2.26. The number of benzene rings is 1. The summed E-state index contributed by atoms with van der Waals surface area (Å²) in [5, 5.41) is 5.18. The van der Waals surface area contributed by atoms with Crippen LogP contribution in [-0.4, -0.2) is 33.1 Å². The lowest BCUT2D eigenvalue weighted by Gasteiger charge is -2.28. The van der Waals surface area contributed by atoms with Gasteiger partial charge in [-0.15, -0.1) is 4.83 Å². The summed E-state index contributed by atoms with van der Waals surface area (Å²) < 4.78 is 25.4. The van der Waals surface area contributed by atoms with Crippen LogP contribution in [0, 0.1) is 6.92 Å². The SMILES string of the molecule is Cc1ccc(S(=O)(=O)NN2CCCCC2)c2c1NCCC2. The maximum absolute atomic E-state index is 12.7. The Hall–Kier alpha value is -1.11. The molecule has 2 N–H and O–H groups in total. The van der Waals surface area contributed by atoms with Crippen LogP contribution < -0.4 is 10.1 Å². The third-order valence-electron chi connectivity index (χ3n) is 4.28. The number of rotatable bonds is 3. The van der Waals surface area contributed by atoms with Gasteiger partial charge in [-0.1, -0.05) is 12.5 Å². The van der Waals surface area contributed by atoms with Crippen LogP contribution in [0.4, 0.5) is 5.69 Å². The Kier molecular flexibility index (Phi) is 4.19. The van der Waals surface area contributed by atoms with E-state index in [0.29, 0.717) is 4.90 Å². The molecule has 21 heavy (non-hydrogen) atoms. The zero-order valence-corrected chi connectivity index (χ0v) is 13.3. The number of aryl methyl sites for hydroxylation is 1. The summed E-state index contributed by atoms with van der Waals surface area (Å²) in [4.78, 5) is 3.19. The molecule has 0 spiro atoms. The van der Waals surface area contributed by atoms with Gasteiger partial charge in [0.05, 0.1) is 4.90 Å². The Balaban J connectivity index is 1.91. The second-order valence-electron chi connectivity index (χ2n) is 5.91. The first-order valence-electron chi connectivity index (χ1n) is 7.72. The normalized spacial score (nSPS) is 19.9. The number of piperidine rings is 1. The third-order valence-corrected chi connectivity index (χ3v) is 5.74. The Morgan fingerprint density at radius 1 is 1.14 bits per heavy atom. The highest BCUT2D eigenvalue weighted by atomic mass is 32.2. The lowest BCUT2D eigenvalue weighted by atomic mass is 10.00. The van der Waals surface area contributed by atoms with E-state index in [0.717, 1.165) is 62.1 Å². The molecule has 0 atom stereocenters. The monoisotopic (exact) mass is 309 g/mol. The lowest BCUT2D eigenvalue weighted by Crippen LogP contribution is -2.45. The van der Waals surface area contributed by atoms with E-state index < -0.39 is 10.0 Å². The van der Waals surface area contributed by atoms with Crippen molar-refractivity contribution in [2.45, 2.75) is 43.9 Å². The quantitative estimate of drug-likeness (QED) is 0.897. The van der Waals surface area contributed by atoms with E-state index in [-0.39, 0.29) is 0 Å². The molecule has 0 amide bonds. The molecule has 5 nitrogen and oxygen atoms in total. The van der Waals surface area contributed by atoms with Crippen LogP contribution in [0.1, 0.15) is 36.8 Å². The highest BCUT2D eigenvalue weighted by Crippen LogP contribution is 2.31. The number of fused-ring (bicyclic) bond motifs is 1. The number of hydrazine groups is 1. The molecular formula is C15H23N3O2S. The largest absolute Gasteiger partial charge is 0.385 e. The minimum atomic E-state index is -3.48. The van der Waals surface area contributed by atoms with Gasteiger partial charge >= 0.3 is 0 Å². The van der Waals surface area contributed by atoms with Gasteiger partial charge in [-0.2, -0.15) is 0 Å². The van der Waals surface area contributed by atoms with Crippen LogP contribution >= 0.6 is 0 Å². The molecule has 2 heterocycles. The fourth-order valence-electron chi connectivity index (χ4n) is 3.17. The van der Waals surface area contributed by atoms with E-state index in [1.807, 2.05) is 18.0 Å². The predicted molar refractivity (Wildman–Crippen MR) is 83.7 cm³/mol. The van der Waals surface area contributed by atoms with Crippen LogP contribution in [0.5, 0.6) is 0 Å². The minimum Gasteiger partial charge on any atom is -0.385 e.